The predicted molar refractivity (Wildman–Crippen MR) is 83.1 cm³/mol. The van der Waals surface area contributed by atoms with Crippen LogP contribution in [0.25, 0.3) is 0 Å². The molecular weight excluding hydrogens is 320 g/mol. The molecule has 134 valence electrons. The Morgan fingerprint density at radius 1 is 0.875 bits per heavy atom. The highest BCUT2D eigenvalue weighted by atomic mass is 16.6. The molecule has 8 heteroatoms. The van der Waals surface area contributed by atoms with E-state index in [9.17, 15) is 14.7 Å². The molecule has 0 radical (unpaired) electrons. The third kappa shape index (κ3) is 6.25. The normalized spacial score (nSPS) is 10.8. The molecular formula is C16H22O8. The minimum absolute atomic E-state index is 0.0445. The summed E-state index contributed by atoms with van der Waals surface area (Å²) in [4.78, 5) is 22.7. The summed E-state index contributed by atoms with van der Waals surface area (Å²) >= 11 is 0. The van der Waals surface area contributed by atoms with Gasteiger partial charge < -0.3 is 29.9 Å². The summed E-state index contributed by atoms with van der Waals surface area (Å²) < 4.78 is 9.68. The van der Waals surface area contributed by atoms with Crippen molar-refractivity contribution in [3.63, 3.8) is 0 Å². The minimum Gasteiger partial charge on any atom is -0.478 e. The van der Waals surface area contributed by atoms with Gasteiger partial charge in [-0.2, -0.15) is 0 Å². The van der Waals surface area contributed by atoms with E-state index in [1.54, 1.807) is 0 Å². The topological polar surface area (TPSA) is 134 Å². The molecule has 0 saturated heterocycles. The number of carboxylic acid groups (broad SMARTS) is 2. The van der Waals surface area contributed by atoms with Crippen LogP contribution >= 0.6 is 0 Å². The monoisotopic (exact) mass is 342 g/mol. The van der Waals surface area contributed by atoms with Gasteiger partial charge in [-0.1, -0.05) is 0 Å². The maximum atomic E-state index is 11.5. The highest BCUT2D eigenvalue weighted by molar-refractivity contribution is 5.95. The summed E-state index contributed by atoms with van der Waals surface area (Å²) in [7, 11) is 0. The molecule has 0 spiro atoms. The molecule has 0 amide bonds. The van der Waals surface area contributed by atoms with E-state index in [0.717, 1.165) is 6.07 Å². The summed E-state index contributed by atoms with van der Waals surface area (Å²) in [5.41, 5.74) is 1.05. The third-order valence-corrected chi connectivity index (χ3v) is 3.45. The Labute approximate surface area is 139 Å². The number of rotatable bonds is 12. The standard InChI is InChI=1S/C16H22O8/c17-9-23-5-1-3-11-7-12(15(19)20)8-14(16(21)22)13(11)4-2-6-24-10-18/h7-8,17-18H,1-6,9-10H2,(H,19,20)(H,21,22). The van der Waals surface area contributed by atoms with Crippen LogP contribution < -0.4 is 0 Å². The summed E-state index contributed by atoms with van der Waals surface area (Å²) in [6.07, 6.45) is 1.82. The molecule has 0 aliphatic carbocycles. The molecule has 0 bridgehead atoms. The second-order valence-electron chi connectivity index (χ2n) is 5.05. The van der Waals surface area contributed by atoms with E-state index >= 15 is 0 Å². The smallest absolute Gasteiger partial charge is 0.335 e. The van der Waals surface area contributed by atoms with Gasteiger partial charge in [0.1, 0.15) is 13.6 Å². The quantitative estimate of drug-likeness (QED) is 0.325. The molecule has 0 atom stereocenters. The molecule has 1 rings (SSSR count). The van der Waals surface area contributed by atoms with Gasteiger partial charge in [-0.15, -0.1) is 0 Å². The van der Waals surface area contributed by atoms with Gasteiger partial charge in [-0.3, -0.25) is 0 Å². The third-order valence-electron chi connectivity index (χ3n) is 3.45. The van der Waals surface area contributed by atoms with Crippen LogP contribution in [0.1, 0.15) is 44.7 Å². The number of aliphatic hydroxyl groups is 2. The average molecular weight is 342 g/mol. The highest BCUT2D eigenvalue weighted by Gasteiger charge is 2.18. The van der Waals surface area contributed by atoms with Gasteiger partial charge >= 0.3 is 11.9 Å². The first-order chi connectivity index (χ1) is 11.5. The van der Waals surface area contributed by atoms with Gasteiger partial charge in [0, 0.05) is 13.2 Å². The molecule has 24 heavy (non-hydrogen) atoms. The van der Waals surface area contributed by atoms with E-state index in [4.69, 9.17) is 24.8 Å². The van der Waals surface area contributed by atoms with Gasteiger partial charge in [0.05, 0.1) is 11.1 Å². The van der Waals surface area contributed by atoms with Crippen molar-refractivity contribution in [1.82, 2.24) is 0 Å². The molecule has 0 aliphatic heterocycles. The molecule has 4 N–H and O–H groups in total. The van der Waals surface area contributed by atoms with Crippen LogP contribution in [-0.4, -0.2) is 59.2 Å². The summed E-state index contributed by atoms with van der Waals surface area (Å²) in [5, 5.41) is 35.8. The van der Waals surface area contributed by atoms with E-state index < -0.39 is 25.5 Å². The Kier molecular flexibility index (Phi) is 8.95. The zero-order valence-corrected chi connectivity index (χ0v) is 13.2. The Balaban J connectivity index is 3.06. The van der Waals surface area contributed by atoms with Gasteiger partial charge in [0.15, 0.2) is 0 Å². The fourth-order valence-corrected chi connectivity index (χ4v) is 2.41. The molecule has 1 aromatic carbocycles. The van der Waals surface area contributed by atoms with E-state index in [1.807, 2.05) is 0 Å². The van der Waals surface area contributed by atoms with Crippen molar-refractivity contribution in [2.45, 2.75) is 25.7 Å². The van der Waals surface area contributed by atoms with E-state index in [1.165, 1.54) is 6.07 Å². The maximum Gasteiger partial charge on any atom is 0.335 e. The molecule has 0 aliphatic rings. The maximum absolute atomic E-state index is 11.5. The number of aryl methyl sites for hydroxylation is 1. The van der Waals surface area contributed by atoms with Crippen LogP contribution in [0, 0.1) is 0 Å². The largest absolute Gasteiger partial charge is 0.478 e. The molecule has 0 heterocycles. The number of hydrogen-bond donors (Lipinski definition) is 4. The Bertz CT molecular complexity index is 555. The lowest BCUT2D eigenvalue weighted by Crippen LogP contribution is -2.12. The van der Waals surface area contributed by atoms with Crippen molar-refractivity contribution in [3.8, 4) is 0 Å². The number of benzene rings is 1. The molecule has 0 aromatic heterocycles. The van der Waals surface area contributed by atoms with Crippen LogP contribution in [0.5, 0.6) is 0 Å². The predicted octanol–water partition coefficient (Wildman–Crippen LogP) is 0.881. The Morgan fingerprint density at radius 3 is 1.96 bits per heavy atom. The number of carbonyl (C=O) groups is 2. The second kappa shape index (κ2) is 10.7. The minimum atomic E-state index is -1.19. The van der Waals surface area contributed by atoms with Crippen LogP contribution in [0.15, 0.2) is 12.1 Å². The summed E-state index contributed by atoms with van der Waals surface area (Å²) in [6.45, 7) is -0.261. The van der Waals surface area contributed by atoms with Crippen molar-refractivity contribution >= 4 is 11.9 Å². The zero-order chi connectivity index (χ0) is 17.9. The van der Waals surface area contributed by atoms with Gasteiger partial charge in [-0.25, -0.2) is 9.59 Å². The average Bonchev–Trinajstić information content (AvgIpc) is 2.55. The molecule has 1 aromatic rings. The zero-order valence-electron chi connectivity index (χ0n) is 13.2. The number of hydrogen-bond acceptors (Lipinski definition) is 6. The first-order valence-electron chi connectivity index (χ1n) is 7.50. The second-order valence-corrected chi connectivity index (χ2v) is 5.05. The van der Waals surface area contributed by atoms with E-state index in [2.05, 4.69) is 0 Å². The molecule has 0 fully saturated rings. The SMILES string of the molecule is O=C(O)c1cc(CCCOCO)c(CCCOCO)c(C(=O)O)c1. The lowest BCUT2D eigenvalue weighted by molar-refractivity contribution is -0.00276. The van der Waals surface area contributed by atoms with Crippen LogP contribution in [-0.2, 0) is 22.3 Å². The van der Waals surface area contributed by atoms with Crippen molar-refractivity contribution in [2.75, 3.05) is 26.8 Å². The van der Waals surface area contributed by atoms with Crippen molar-refractivity contribution in [1.29, 1.82) is 0 Å². The van der Waals surface area contributed by atoms with Crippen LogP contribution in [0.2, 0.25) is 0 Å². The number of carboxylic acids is 2. The fraction of sp³-hybridized carbons (Fsp3) is 0.500. The Hall–Kier alpha value is -2.00. The van der Waals surface area contributed by atoms with Crippen LogP contribution in [0.4, 0.5) is 0 Å². The number of aliphatic hydroxyl groups excluding tert-OH is 2. The summed E-state index contributed by atoms with van der Waals surface area (Å²) in [6, 6.07) is 2.62. The van der Waals surface area contributed by atoms with Crippen LogP contribution in [0.3, 0.4) is 0 Å². The Morgan fingerprint density at radius 2 is 1.46 bits per heavy atom. The van der Waals surface area contributed by atoms with Gasteiger partial charge in [0.2, 0.25) is 0 Å². The number of ether oxygens (including phenoxy) is 2. The van der Waals surface area contributed by atoms with Crippen molar-refractivity contribution < 1.29 is 39.5 Å². The van der Waals surface area contributed by atoms with Crippen molar-refractivity contribution in [3.05, 3.63) is 34.4 Å². The van der Waals surface area contributed by atoms with Gasteiger partial charge in [0.25, 0.3) is 0 Å². The highest BCUT2D eigenvalue weighted by Crippen LogP contribution is 2.22. The van der Waals surface area contributed by atoms with E-state index in [0.29, 0.717) is 36.8 Å². The summed E-state index contributed by atoms with van der Waals surface area (Å²) in [5.74, 6) is -2.38. The lowest BCUT2D eigenvalue weighted by Gasteiger charge is -2.14. The lowest BCUT2D eigenvalue weighted by atomic mass is 9.92. The first kappa shape index (κ1) is 20.0. The molecule has 8 nitrogen and oxygen atoms in total. The number of aromatic carboxylic acids is 2. The first-order valence-corrected chi connectivity index (χ1v) is 7.50. The van der Waals surface area contributed by atoms with Crippen molar-refractivity contribution in [2.24, 2.45) is 0 Å². The fourth-order valence-electron chi connectivity index (χ4n) is 2.41. The van der Waals surface area contributed by atoms with Gasteiger partial charge in [-0.05, 0) is 48.9 Å². The molecule has 0 saturated carbocycles. The van der Waals surface area contributed by atoms with E-state index in [-0.39, 0.29) is 24.3 Å². The molecule has 0 unspecified atom stereocenters.